The van der Waals surface area contributed by atoms with Gasteiger partial charge in [-0.3, -0.25) is 15.0 Å². The zero-order valence-corrected chi connectivity index (χ0v) is 88.5. The molecule has 5 saturated heterocycles. The minimum absolute atomic E-state index is 0.00751. The van der Waals surface area contributed by atoms with Gasteiger partial charge in [0.1, 0.15) is 65.2 Å². The molecule has 1 unspecified atom stereocenters. The van der Waals surface area contributed by atoms with Gasteiger partial charge in [-0.15, -0.1) is 0 Å². The SMILES string of the molecule is CO[C@@H]1C[C@@H](N)C2(CCN(c3cnc(Sc4ccnc(Cl)c4Cl)c(N)n3)CC2)C1.CO[C@@H]1C[C@@H](N)C2(CCN(c3cnc(Sc4ccnc(N)c4Cl)c(N)n3)CC2)C1.CO[C@H]1C[C@@H](N)C2(CCN(c3cnc(Sc4cccnc4C(F)(F)F)c(N)n3)CC2)C1.Nc1nc(N2CCC3(CC2)CC(F)(F)CC3N)cnc1Sc1cccnc1C(F)(F)F.Nc1nc(N2CCC3(CC2)C[C@@H](O)C[C@@H]3N)cnc1Sc1cccnc1C(F)(F)F. The third-order valence-electron chi connectivity index (χ3n) is 30.7. The number of ether oxygens (including phenoxy) is 3. The Morgan fingerprint density at radius 2 is 0.593 bits per heavy atom. The van der Waals surface area contributed by atoms with Crippen LogP contribution in [0.3, 0.4) is 0 Å². The van der Waals surface area contributed by atoms with Gasteiger partial charge in [0, 0.05) is 185 Å². The number of nitrogens with zero attached hydrogens (tertiary/aromatic N) is 20. The van der Waals surface area contributed by atoms with Crippen LogP contribution in [-0.4, -0.2) is 227 Å². The highest BCUT2D eigenvalue weighted by Gasteiger charge is 2.57. The number of hydrogen-bond donors (Lipinski definition) is 12. The molecule has 0 bridgehead atoms. The molecule has 0 amide bonds. The molecule has 5 spiro atoms. The minimum Gasteiger partial charge on any atom is -0.393 e. The van der Waals surface area contributed by atoms with Gasteiger partial charge in [0.05, 0.1) is 65.4 Å². The number of hydrogen-bond acceptors (Lipinski definition) is 40. The number of pyridine rings is 5. The first-order valence-electron chi connectivity index (χ1n) is 48.7. The Morgan fingerprint density at radius 1 is 0.327 bits per heavy atom. The van der Waals surface area contributed by atoms with E-state index in [0.29, 0.717) is 94.6 Å². The van der Waals surface area contributed by atoms with Crippen LogP contribution < -0.4 is 87.6 Å². The van der Waals surface area contributed by atoms with Crippen LogP contribution in [0.1, 0.15) is 145 Å². The standard InChI is InChI=1S/C20H25F3N6OS.C19H24Cl2N6OS.C19H26ClN7OS.C19H21F5N6S.C19H23F3N6OS/c1-30-12-9-14(24)19(10-12)4-7-29(8-5-19)15-11-27-18(17(25)28-15)31-13-3-2-6-26-16(13)20(21,22)23;1-28-11-8-13(22)19(9-11)3-6-27(7-4-19)14-10-25-18(17(23)26-14)29-12-2-5-24-16(21)15(12)20;1-28-11-8-13(21)19(9-11)3-6-27(7-4-19)14-10-25-18(17(23)26-14)29-12-2-5-24-16(22)15(12)20;20-18(21)8-12(25)17(10-18)3-6-30(7-4-17)13-9-28-16(15(26)29-13)31-11-2-1-5-27-14(11)19(22,23)24;20-19(21,22)15-12(2-1-5-25-15)30-17-16(24)27-14(10-26-17)28-6-3-18(4-7-28)9-11(29)8-13(18)23/h2-3,6,11-12,14H,4-5,7-10,24H2,1H3,(H2,25,28);2,5,10-11,13H,3-4,6-9,22H2,1H3,(H2,23,26);2,5,10-11,13H,3-4,6-9,21H2,1H3,(H2,22,24)(H2,23,26);1-2,5,9,12H,3-4,6-8,10,25H2,(H2,26,29);1-2,5,10-11,13,29H,3-4,6-9,23H2,(H2,24,27)/t12-,14+;2*11-,13-;;11-,13-/m011.0/s1. The van der Waals surface area contributed by atoms with Gasteiger partial charge in [-0.25, -0.2) is 68.6 Å². The van der Waals surface area contributed by atoms with E-state index in [1.54, 1.807) is 64.4 Å². The van der Waals surface area contributed by atoms with Crippen molar-refractivity contribution in [2.24, 2.45) is 55.7 Å². The highest BCUT2D eigenvalue weighted by Crippen LogP contribution is 2.56. The molecule has 35 nitrogen and oxygen atoms in total. The molecule has 150 heavy (non-hydrogen) atoms. The Labute approximate surface area is 895 Å². The number of aliphatic hydroxyl groups is 1. The van der Waals surface area contributed by atoms with Gasteiger partial charge < -0.3 is 107 Å². The molecule has 5 aliphatic heterocycles. The molecule has 810 valence electrons. The van der Waals surface area contributed by atoms with Gasteiger partial charge in [-0.1, -0.05) is 93.6 Å². The summed E-state index contributed by atoms with van der Waals surface area (Å²) < 4.78 is 163. The summed E-state index contributed by atoms with van der Waals surface area (Å²) in [7, 11) is 5.28. The molecule has 54 heteroatoms. The van der Waals surface area contributed by atoms with Crippen molar-refractivity contribution < 1.29 is 67.6 Å². The number of alkyl halides is 11. The second kappa shape index (κ2) is 47.0. The van der Waals surface area contributed by atoms with E-state index in [0.717, 1.165) is 211 Å². The number of anilines is 11. The molecule has 10 aromatic heterocycles. The number of nitrogen functional groups attached to an aromatic ring is 6. The molecule has 10 aliphatic rings. The summed E-state index contributed by atoms with van der Waals surface area (Å²) in [5.41, 5.74) is 64.7. The lowest BCUT2D eigenvalue weighted by atomic mass is 9.74. The summed E-state index contributed by atoms with van der Waals surface area (Å²) in [4.78, 5) is 74.0. The topological polar surface area (TPSA) is 544 Å². The third kappa shape index (κ3) is 26.0. The highest BCUT2D eigenvalue weighted by atomic mass is 35.5. The van der Waals surface area contributed by atoms with Crippen LogP contribution in [-0.2, 0) is 32.7 Å². The Kier molecular flexibility index (Phi) is 35.4. The molecule has 20 rings (SSSR count). The molecule has 0 aromatic carbocycles. The largest absolute Gasteiger partial charge is 0.434 e. The molecule has 10 aromatic rings. The summed E-state index contributed by atoms with van der Waals surface area (Å²) in [6.45, 7) is 7.46. The lowest BCUT2D eigenvalue weighted by molar-refractivity contribution is -0.144. The molecule has 5 saturated carbocycles. The van der Waals surface area contributed by atoms with E-state index >= 15 is 0 Å². The molecule has 15 heterocycles. The van der Waals surface area contributed by atoms with Crippen molar-refractivity contribution in [1.82, 2.24) is 74.8 Å². The number of halogens is 14. The fraction of sp³-hybridized carbons (Fsp3) is 0.531. The molecule has 0 radical (unpaired) electrons. The van der Waals surface area contributed by atoms with E-state index in [1.165, 1.54) is 72.3 Å². The van der Waals surface area contributed by atoms with Crippen molar-refractivity contribution in [2.75, 3.05) is 146 Å². The van der Waals surface area contributed by atoms with Crippen LogP contribution >= 0.6 is 93.6 Å². The number of aliphatic hydroxyl groups excluding tert-OH is 1. The maximum absolute atomic E-state index is 13.8. The first kappa shape index (κ1) is 113. The zero-order valence-electron chi connectivity index (χ0n) is 82.1. The third-order valence-corrected chi connectivity index (χ3v) is 37.4. The van der Waals surface area contributed by atoms with Crippen LogP contribution in [0.4, 0.5) is 112 Å². The molecule has 9 atom stereocenters. The van der Waals surface area contributed by atoms with Crippen molar-refractivity contribution in [3.05, 3.63) is 143 Å². The van der Waals surface area contributed by atoms with E-state index in [1.807, 2.05) is 9.80 Å². The predicted octanol–water partition coefficient (Wildman–Crippen LogP) is 16.2. The van der Waals surface area contributed by atoms with Crippen molar-refractivity contribution in [3.63, 3.8) is 0 Å². The Hall–Kier alpha value is -9.56. The normalized spacial score (nSPS) is 23.5. The second-order valence-corrected chi connectivity index (χ2v) is 45.8. The summed E-state index contributed by atoms with van der Waals surface area (Å²) in [6, 6.07) is 11.8. The lowest BCUT2D eigenvalue weighted by Crippen LogP contribution is -2.47. The van der Waals surface area contributed by atoms with Crippen LogP contribution in [0.2, 0.25) is 15.2 Å². The van der Waals surface area contributed by atoms with Crippen LogP contribution in [0.5, 0.6) is 0 Å². The number of nitrogens with two attached hydrogens (primary N) is 11. The van der Waals surface area contributed by atoms with Crippen LogP contribution in [0.25, 0.3) is 0 Å². The summed E-state index contributed by atoms with van der Waals surface area (Å²) >= 11 is 23.4. The second-order valence-electron chi connectivity index (χ2n) is 39.6. The van der Waals surface area contributed by atoms with E-state index in [9.17, 15) is 53.4 Å². The van der Waals surface area contributed by atoms with Gasteiger partial charge in [-0.05, 0) is 191 Å². The summed E-state index contributed by atoms with van der Waals surface area (Å²) in [5, 5.41) is 12.7. The predicted molar refractivity (Wildman–Crippen MR) is 557 cm³/mol. The van der Waals surface area contributed by atoms with Gasteiger partial charge >= 0.3 is 18.5 Å². The molecular weight excluding hydrogens is 2130 g/mol. The average Bonchev–Trinajstić information content (AvgIpc) is 1.67. The lowest BCUT2D eigenvalue weighted by Gasteiger charge is -2.42. The van der Waals surface area contributed by atoms with Gasteiger partial charge in [0.15, 0.2) is 46.2 Å². The van der Waals surface area contributed by atoms with E-state index in [2.05, 4.69) is 89.5 Å². The molecule has 5 aliphatic carbocycles. The van der Waals surface area contributed by atoms with Gasteiger partial charge in [0.25, 0.3) is 0 Å². The van der Waals surface area contributed by atoms with E-state index in [4.69, 9.17) is 112 Å². The minimum atomic E-state index is -4.60. The van der Waals surface area contributed by atoms with Crippen LogP contribution in [0.15, 0.2) is 160 Å². The van der Waals surface area contributed by atoms with Gasteiger partial charge in [0.2, 0.25) is 5.92 Å². The van der Waals surface area contributed by atoms with Crippen molar-refractivity contribution in [3.8, 4) is 0 Å². The number of rotatable bonds is 18. The maximum atomic E-state index is 13.8. The van der Waals surface area contributed by atoms with Crippen molar-refractivity contribution >= 4 is 158 Å². The number of piperidine rings is 5. The Morgan fingerprint density at radius 3 is 0.847 bits per heavy atom. The first-order chi connectivity index (χ1) is 71.2. The van der Waals surface area contributed by atoms with E-state index < -0.39 is 53.0 Å². The smallest absolute Gasteiger partial charge is 0.393 e. The van der Waals surface area contributed by atoms with Crippen molar-refractivity contribution in [1.29, 1.82) is 0 Å². The quantitative estimate of drug-likeness (QED) is 0.0280. The highest BCUT2D eigenvalue weighted by molar-refractivity contribution is 8.00. The molecular formula is C96H119Cl3F11N31O4S5. The maximum Gasteiger partial charge on any atom is 0.434 e. The summed E-state index contributed by atoms with van der Waals surface area (Å²) in [6.07, 6.45) is 16.5. The van der Waals surface area contributed by atoms with E-state index in [-0.39, 0.29) is 141 Å². The fourth-order valence-corrected chi connectivity index (χ4v) is 27.0. The monoisotopic (exact) mass is 2240 g/mol. The molecule has 10 fully saturated rings. The Balaban J connectivity index is 0.000000133. The summed E-state index contributed by atoms with van der Waals surface area (Å²) in [5.74, 6) is 1.68. The zero-order chi connectivity index (χ0) is 107. The van der Waals surface area contributed by atoms with Crippen LogP contribution in [0, 0.1) is 27.1 Å². The number of methoxy groups -OCH3 is 3. The number of aromatic nitrogens is 15. The average molecular weight is 2250 g/mol. The first-order valence-corrected chi connectivity index (χ1v) is 53.9. The van der Waals surface area contributed by atoms with Gasteiger partial charge in [-0.2, -0.15) is 39.5 Å². The Bertz CT molecular complexity index is 6200. The van der Waals surface area contributed by atoms with Crippen molar-refractivity contribution in [2.45, 2.75) is 257 Å². The molecule has 23 N–H and O–H groups in total. The fourth-order valence-electron chi connectivity index (χ4n) is 22.1.